The van der Waals surface area contributed by atoms with Crippen molar-refractivity contribution >= 4 is 11.3 Å². The molecule has 3 nitrogen and oxygen atoms in total. The molecule has 4 heteroatoms. The molecule has 0 aliphatic rings. The van der Waals surface area contributed by atoms with Crippen LogP contribution < -0.4 is 0 Å². The fourth-order valence-corrected chi connectivity index (χ4v) is 1.86. The summed E-state index contributed by atoms with van der Waals surface area (Å²) in [6.07, 6.45) is 0. The van der Waals surface area contributed by atoms with E-state index < -0.39 is 0 Å². The second-order valence-electron chi connectivity index (χ2n) is 2.81. The van der Waals surface area contributed by atoms with Gasteiger partial charge in [0.1, 0.15) is 6.07 Å². The fourth-order valence-electron chi connectivity index (χ4n) is 1.17. The van der Waals surface area contributed by atoms with Gasteiger partial charge in [0.15, 0.2) is 0 Å². The first-order valence-electron chi connectivity index (χ1n) is 4.09. The summed E-state index contributed by atoms with van der Waals surface area (Å²) in [5.74, 6) is 0.230. The number of hydrogen-bond acceptors (Lipinski definition) is 4. The topological polar surface area (TPSA) is 49.6 Å². The van der Waals surface area contributed by atoms with Crippen molar-refractivity contribution in [2.75, 3.05) is 0 Å². The summed E-state index contributed by atoms with van der Waals surface area (Å²) < 4.78 is 0. The van der Waals surface area contributed by atoms with Crippen molar-refractivity contribution in [2.24, 2.45) is 0 Å². The van der Waals surface area contributed by atoms with Crippen LogP contribution in [0.25, 0.3) is 10.6 Å². The van der Waals surface area contributed by atoms with Crippen LogP contribution in [0.2, 0.25) is 0 Å². The van der Waals surface area contributed by atoms with E-state index >= 15 is 0 Å². The molecule has 0 radical (unpaired) electrons. The second kappa shape index (κ2) is 3.56. The average molecular weight is 201 g/mol. The van der Waals surface area contributed by atoms with Crippen LogP contribution in [-0.4, -0.2) is 9.97 Å². The summed E-state index contributed by atoms with van der Waals surface area (Å²) in [6, 6.07) is 7.78. The Morgan fingerprint density at radius 2 is 2.29 bits per heavy atom. The lowest BCUT2D eigenvalue weighted by Crippen LogP contribution is -1.93. The molecule has 14 heavy (non-hydrogen) atoms. The van der Waals surface area contributed by atoms with Gasteiger partial charge in [-0.3, -0.25) is 0 Å². The van der Waals surface area contributed by atoms with Crippen molar-refractivity contribution in [1.82, 2.24) is 9.97 Å². The highest BCUT2D eigenvalue weighted by molar-refractivity contribution is 7.13. The van der Waals surface area contributed by atoms with Gasteiger partial charge in [-0.1, -0.05) is 6.07 Å². The quantitative estimate of drug-likeness (QED) is 0.711. The SMILES string of the molecule is Cc1cc(-c2cccs2)nc(C#N)n1. The van der Waals surface area contributed by atoms with E-state index in [0.29, 0.717) is 0 Å². The van der Waals surface area contributed by atoms with Gasteiger partial charge in [0.2, 0.25) is 5.82 Å². The van der Waals surface area contributed by atoms with Crippen LogP contribution in [0, 0.1) is 18.3 Å². The third kappa shape index (κ3) is 1.63. The van der Waals surface area contributed by atoms with Gasteiger partial charge in [-0.15, -0.1) is 11.3 Å². The van der Waals surface area contributed by atoms with E-state index in [0.717, 1.165) is 16.3 Å². The number of aromatic nitrogens is 2. The maximum absolute atomic E-state index is 8.71. The fraction of sp³-hybridized carbons (Fsp3) is 0.100. The molecule has 0 N–H and O–H groups in total. The molecule has 0 atom stereocenters. The van der Waals surface area contributed by atoms with Crippen LogP contribution in [0.4, 0.5) is 0 Å². The molecular formula is C10H7N3S. The van der Waals surface area contributed by atoms with Crippen molar-refractivity contribution in [3.8, 4) is 16.6 Å². The summed E-state index contributed by atoms with van der Waals surface area (Å²) in [7, 11) is 0. The standard InChI is InChI=1S/C10H7N3S/c1-7-5-8(9-3-2-4-14-9)13-10(6-11)12-7/h2-5H,1H3. The lowest BCUT2D eigenvalue weighted by molar-refractivity contribution is 1.07. The maximum atomic E-state index is 8.71. The molecule has 0 unspecified atom stereocenters. The van der Waals surface area contributed by atoms with Gasteiger partial charge in [-0.25, -0.2) is 9.97 Å². The molecule has 0 bridgehead atoms. The normalized spacial score (nSPS) is 9.71. The van der Waals surface area contributed by atoms with Crippen molar-refractivity contribution in [2.45, 2.75) is 6.92 Å². The molecule has 2 aromatic rings. The zero-order valence-corrected chi connectivity index (χ0v) is 8.38. The number of hydrogen-bond donors (Lipinski definition) is 0. The minimum absolute atomic E-state index is 0.230. The van der Waals surface area contributed by atoms with E-state index in [-0.39, 0.29) is 5.82 Å². The predicted molar refractivity (Wildman–Crippen MR) is 54.8 cm³/mol. The largest absolute Gasteiger partial charge is 0.233 e. The molecule has 0 aliphatic carbocycles. The number of nitrogens with zero attached hydrogens (tertiary/aromatic N) is 3. The second-order valence-corrected chi connectivity index (χ2v) is 3.75. The van der Waals surface area contributed by atoms with Gasteiger partial charge in [0, 0.05) is 5.69 Å². The lowest BCUT2D eigenvalue weighted by Gasteiger charge is -1.98. The number of rotatable bonds is 1. The Morgan fingerprint density at radius 1 is 1.43 bits per heavy atom. The molecule has 0 aromatic carbocycles. The summed E-state index contributed by atoms with van der Waals surface area (Å²) >= 11 is 1.60. The Hall–Kier alpha value is -1.73. The van der Waals surface area contributed by atoms with Crippen LogP contribution in [-0.2, 0) is 0 Å². The Kier molecular flexibility index (Phi) is 2.25. The summed E-state index contributed by atoms with van der Waals surface area (Å²) in [5.41, 5.74) is 1.64. The van der Waals surface area contributed by atoms with Gasteiger partial charge in [-0.05, 0) is 24.4 Å². The number of aryl methyl sites for hydroxylation is 1. The zero-order chi connectivity index (χ0) is 9.97. The lowest BCUT2D eigenvalue weighted by atomic mass is 10.3. The predicted octanol–water partition coefficient (Wildman–Crippen LogP) is 2.39. The third-order valence-corrected chi connectivity index (χ3v) is 2.62. The summed E-state index contributed by atoms with van der Waals surface area (Å²) in [5, 5.41) is 10.7. The van der Waals surface area contributed by atoms with E-state index in [1.54, 1.807) is 11.3 Å². The van der Waals surface area contributed by atoms with Crippen molar-refractivity contribution < 1.29 is 0 Å². The summed E-state index contributed by atoms with van der Waals surface area (Å²) in [4.78, 5) is 9.19. The van der Waals surface area contributed by atoms with Crippen LogP contribution in [0.5, 0.6) is 0 Å². The smallest absolute Gasteiger partial charge is 0.224 e. The van der Waals surface area contributed by atoms with Gasteiger partial charge < -0.3 is 0 Å². The molecule has 2 rings (SSSR count). The molecule has 0 saturated heterocycles. The van der Waals surface area contributed by atoms with Crippen LogP contribution >= 0.6 is 11.3 Å². The Labute approximate surface area is 85.7 Å². The Morgan fingerprint density at radius 3 is 2.93 bits per heavy atom. The molecule has 68 valence electrons. The first kappa shape index (κ1) is 8.85. The van der Waals surface area contributed by atoms with Gasteiger partial charge in [-0.2, -0.15) is 5.26 Å². The third-order valence-electron chi connectivity index (χ3n) is 1.73. The van der Waals surface area contributed by atoms with E-state index in [9.17, 15) is 0 Å². The molecule has 0 saturated carbocycles. The van der Waals surface area contributed by atoms with Gasteiger partial charge >= 0.3 is 0 Å². The first-order chi connectivity index (χ1) is 6.79. The minimum Gasteiger partial charge on any atom is -0.224 e. The van der Waals surface area contributed by atoms with Crippen molar-refractivity contribution in [3.63, 3.8) is 0 Å². The molecule has 0 amide bonds. The van der Waals surface area contributed by atoms with Crippen LogP contribution in [0.3, 0.4) is 0 Å². The first-order valence-corrected chi connectivity index (χ1v) is 4.97. The number of nitriles is 1. The van der Waals surface area contributed by atoms with Crippen molar-refractivity contribution in [3.05, 3.63) is 35.1 Å². The van der Waals surface area contributed by atoms with Gasteiger partial charge in [0.25, 0.3) is 0 Å². The highest BCUT2D eigenvalue weighted by Crippen LogP contribution is 2.22. The zero-order valence-electron chi connectivity index (χ0n) is 7.56. The minimum atomic E-state index is 0.230. The molecule has 2 heterocycles. The van der Waals surface area contributed by atoms with E-state index in [2.05, 4.69) is 9.97 Å². The Balaban J connectivity index is 2.55. The van der Waals surface area contributed by atoms with E-state index in [1.807, 2.05) is 36.6 Å². The van der Waals surface area contributed by atoms with E-state index in [1.165, 1.54) is 0 Å². The molecule has 0 aliphatic heterocycles. The monoisotopic (exact) mass is 201 g/mol. The summed E-state index contributed by atoms with van der Waals surface area (Å²) in [6.45, 7) is 1.86. The number of thiophene rings is 1. The molecule has 2 aromatic heterocycles. The van der Waals surface area contributed by atoms with E-state index in [4.69, 9.17) is 5.26 Å². The molecule has 0 spiro atoms. The highest BCUT2D eigenvalue weighted by atomic mass is 32.1. The molecular weight excluding hydrogens is 194 g/mol. The van der Waals surface area contributed by atoms with Crippen LogP contribution in [0.15, 0.2) is 23.6 Å². The van der Waals surface area contributed by atoms with Crippen molar-refractivity contribution in [1.29, 1.82) is 5.26 Å². The van der Waals surface area contributed by atoms with Crippen LogP contribution in [0.1, 0.15) is 11.5 Å². The average Bonchev–Trinajstić information content (AvgIpc) is 2.69. The highest BCUT2D eigenvalue weighted by Gasteiger charge is 2.04. The molecule has 0 fully saturated rings. The maximum Gasteiger partial charge on any atom is 0.233 e. The Bertz CT molecular complexity index is 483. The van der Waals surface area contributed by atoms with Gasteiger partial charge in [0.05, 0.1) is 10.6 Å².